The first kappa shape index (κ1) is 15.3. The SMILES string of the molecule is O=C(c1nc(O)c(/C=C2\C=Nc3ccccc32)[nH]1)c1c[nH]c2ccccc12. The number of ketones is 1. The van der Waals surface area contributed by atoms with E-state index < -0.39 is 0 Å². The Kier molecular flexibility index (Phi) is 3.30. The lowest BCUT2D eigenvalue weighted by atomic mass is 10.1. The number of carbonyl (C=O) groups excluding carboxylic acids is 1. The highest BCUT2D eigenvalue weighted by Crippen LogP contribution is 2.33. The summed E-state index contributed by atoms with van der Waals surface area (Å²) in [6, 6.07) is 15.3. The van der Waals surface area contributed by atoms with Crippen molar-refractivity contribution in [3.05, 3.63) is 77.4 Å². The number of allylic oxidation sites excluding steroid dienone is 1. The first-order valence-electron chi connectivity index (χ1n) is 8.45. The largest absolute Gasteiger partial charge is 0.492 e. The zero-order chi connectivity index (χ0) is 18.4. The topological polar surface area (TPSA) is 94.1 Å². The van der Waals surface area contributed by atoms with E-state index in [1.807, 2.05) is 48.5 Å². The lowest BCUT2D eigenvalue weighted by Gasteiger charge is -1.98. The van der Waals surface area contributed by atoms with E-state index in [9.17, 15) is 9.90 Å². The average molecular weight is 354 g/mol. The molecule has 6 nitrogen and oxygen atoms in total. The minimum Gasteiger partial charge on any atom is -0.492 e. The molecule has 0 saturated heterocycles. The van der Waals surface area contributed by atoms with Gasteiger partial charge in [0.2, 0.25) is 11.7 Å². The van der Waals surface area contributed by atoms with Crippen molar-refractivity contribution in [1.29, 1.82) is 0 Å². The molecule has 1 aliphatic heterocycles. The van der Waals surface area contributed by atoms with Gasteiger partial charge < -0.3 is 15.1 Å². The zero-order valence-electron chi connectivity index (χ0n) is 14.1. The van der Waals surface area contributed by atoms with Gasteiger partial charge in [0.25, 0.3) is 0 Å². The van der Waals surface area contributed by atoms with E-state index in [-0.39, 0.29) is 17.5 Å². The van der Waals surface area contributed by atoms with Crippen LogP contribution in [0.1, 0.15) is 27.4 Å². The number of aromatic nitrogens is 3. The first-order chi connectivity index (χ1) is 13.2. The van der Waals surface area contributed by atoms with Gasteiger partial charge in [-0.15, -0.1) is 0 Å². The maximum Gasteiger partial charge on any atom is 0.237 e. The van der Waals surface area contributed by atoms with Gasteiger partial charge in [-0.2, -0.15) is 4.98 Å². The Hall–Kier alpha value is -3.93. The van der Waals surface area contributed by atoms with Crippen molar-refractivity contribution in [2.45, 2.75) is 0 Å². The third-order valence-electron chi connectivity index (χ3n) is 4.62. The molecule has 5 rings (SSSR count). The van der Waals surface area contributed by atoms with Crippen molar-refractivity contribution < 1.29 is 9.90 Å². The predicted molar refractivity (Wildman–Crippen MR) is 104 cm³/mol. The zero-order valence-corrected chi connectivity index (χ0v) is 14.1. The molecule has 0 unspecified atom stereocenters. The summed E-state index contributed by atoms with van der Waals surface area (Å²) in [6.45, 7) is 0. The maximum absolute atomic E-state index is 12.9. The van der Waals surface area contributed by atoms with Crippen LogP contribution in [-0.2, 0) is 0 Å². The van der Waals surface area contributed by atoms with Gasteiger partial charge in [-0.3, -0.25) is 9.79 Å². The lowest BCUT2D eigenvalue weighted by Crippen LogP contribution is -2.02. The Morgan fingerprint density at radius 1 is 1.07 bits per heavy atom. The number of nitrogens with zero attached hydrogens (tertiary/aromatic N) is 2. The van der Waals surface area contributed by atoms with Crippen LogP contribution in [0.5, 0.6) is 5.88 Å². The third kappa shape index (κ3) is 2.46. The van der Waals surface area contributed by atoms with Gasteiger partial charge >= 0.3 is 0 Å². The molecule has 0 amide bonds. The molecule has 3 N–H and O–H groups in total. The standard InChI is InChI=1S/C21H14N4O2/c26-19(15-11-23-17-8-4-2-6-14(15)17)20-24-18(21(27)25-20)9-12-10-22-16-7-3-1-5-13(12)16/h1-11,23,27H,(H,24,25)/b12-9+. The number of benzene rings is 2. The van der Waals surface area contributed by atoms with E-state index in [0.717, 1.165) is 27.7 Å². The molecule has 6 heteroatoms. The van der Waals surface area contributed by atoms with E-state index in [1.54, 1.807) is 18.5 Å². The Balaban J connectivity index is 1.53. The molecule has 130 valence electrons. The van der Waals surface area contributed by atoms with E-state index >= 15 is 0 Å². The van der Waals surface area contributed by atoms with Gasteiger partial charge in [0.05, 0.1) is 11.3 Å². The van der Waals surface area contributed by atoms with E-state index in [4.69, 9.17) is 0 Å². The fraction of sp³-hybridized carbons (Fsp3) is 0. The molecule has 2 aromatic heterocycles. The van der Waals surface area contributed by atoms with Crippen molar-refractivity contribution in [1.82, 2.24) is 15.0 Å². The molecule has 0 bridgehead atoms. The van der Waals surface area contributed by atoms with Crippen LogP contribution in [-0.4, -0.2) is 32.1 Å². The van der Waals surface area contributed by atoms with Crippen LogP contribution in [0.2, 0.25) is 0 Å². The van der Waals surface area contributed by atoms with Crippen LogP contribution in [0.3, 0.4) is 0 Å². The normalized spacial score (nSPS) is 14.1. The molecule has 27 heavy (non-hydrogen) atoms. The molecule has 3 heterocycles. The minimum atomic E-state index is -0.284. The molecular formula is C21H14N4O2. The molecule has 0 aliphatic carbocycles. The van der Waals surface area contributed by atoms with Crippen LogP contribution >= 0.6 is 0 Å². The van der Waals surface area contributed by atoms with Gasteiger partial charge in [0.1, 0.15) is 5.69 Å². The van der Waals surface area contributed by atoms with Crippen LogP contribution in [0.4, 0.5) is 5.69 Å². The molecule has 4 aromatic rings. The Labute approximate surface area is 153 Å². The summed E-state index contributed by atoms with van der Waals surface area (Å²) in [5.41, 5.74) is 4.44. The number of rotatable bonds is 3. The van der Waals surface area contributed by atoms with E-state index in [2.05, 4.69) is 19.9 Å². The summed E-state index contributed by atoms with van der Waals surface area (Å²) < 4.78 is 0. The number of imidazole rings is 1. The second-order valence-corrected chi connectivity index (χ2v) is 6.27. The molecule has 0 saturated carbocycles. The molecule has 0 radical (unpaired) electrons. The summed E-state index contributed by atoms with van der Waals surface area (Å²) in [5, 5.41) is 11.0. The fourth-order valence-corrected chi connectivity index (χ4v) is 3.28. The van der Waals surface area contributed by atoms with Crippen molar-refractivity contribution in [2.24, 2.45) is 4.99 Å². The summed E-state index contributed by atoms with van der Waals surface area (Å²) >= 11 is 0. The Morgan fingerprint density at radius 3 is 2.81 bits per heavy atom. The number of aromatic hydroxyl groups is 1. The molecule has 0 spiro atoms. The smallest absolute Gasteiger partial charge is 0.237 e. The van der Waals surface area contributed by atoms with Crippen LogP contribution in [0, 0.1) is 0 Å². The van der Waals surface area contributed by atoms with Crippen LogP contribution < -0.4 is 0 Å². The number of carbonyl (C=O) groups is 1. The summed E-state index contributed by atoms with van der Waals surface area (Å²) in [4.78, 5) is 27.2. The van der Waals surface area contributed by atoms with Gasteiger partial charge in [-0.1, -0.05) is 36.4 Å². The van der Waals surface area contributed by atoms with Crippen LogP contribution in [0.25, 0.3) is 22.6 Å². The number of hydrogen-bond acceptors (Lipinski definition) is 4. The Morgan fingerprint density at radius 2 is 1.89 bits per heavy atom. The number of para-hydroxylation sites is 2. The summed E-state index contributed by atoms with van der Waals surface area (Å²) in [5.74, 6) is -0.413. The Bertz CT molecular complexity index is 1260. The van der Waals surface area contributed by atoms with E-state index in [1.165, 1.54) is 0 Å². The minimum absolute atomic E-state index is 0.0901. The highest BCUT2D eigenvalue weighted by Gasteiger charge is 2.20. The maximum atomic E-state index is 12.9. The molecule has 0 atom stereocenters. The van der Waals surface area contributed by atoms with Gasteiger partial charge in [0, 0.05) is 34.5 Å². The molecule has 1 aliphatic rings. The van der Waals surface area contributed by atoms with Crippen LogP contribution in [0.15, 0.2) is 59.7 Å². The third-order valence-corrected chi connectivity index (χ3v) is 4.62. The number of hydrogen-bond donors (Lipinski definition) is 3. The second-order valence-electron chi connectivity index (χ2n) is 6.27. The van der Waals surface area contributed by atoms with Crippen molar-refractivity contribution in [3.63, 3.8) is 0 Å². The average Bonchev–Trinajstić information content (AvgIpc) is 3.39. The quantitative estimate of drug-likeness (QED) is 0.484. The van der Waals surface area contributed by atoms with Gasteiger partial charge in [-0.25, -0.2) is 0 Å². The molecule has 2 aromatic carbocycles. The summed E-state index contributed by atoms with van der Waals surface area (Å²) in [7, 11) is 0. The van der Waals surface area contributed by atoms with Crippen molar-refractivity contribution in [3.8, 4) is 5.88 Å². The highest BCUT2D eigenvalue weighted by atomic mass is 16.3. The fourth-order valence-electron chi connectivity index (χ4n) is 3.28. The lowest BCUT2D eigenvalue weighted by molar-refractivity contribution is 0.103. The number of nitrogens with one attached hydrogen (secondary N) is 2. The molecular weight excluding hydrogens is 340 g/mol. The number of H-pyrrole nitrogens is 2. The monoisotopic (exact) mass is 354 g/mol. The predicted octanol–water partition coefficient (Wildman–Crippen LogP) is 4.08. The van der Waals surface area contributed by atoms with Gasteiger partial charge in [-0.05, 0) is 18.2 Å². The van der Waals surface area contributed by atoms with Crippen molar-refractivity contribution >= 4 is 40.2 Å². The van der Waals surface area contributed by atoms with E-state index in [0.29, 0.717) is 11.3 Å². The molecule has 0 fully saturated rings. The van der Waals surface area contributed by atoms with Crippen molar-refractivity contribution in [2.75, 3.05) is 0 Å². The first-order valence-corrected chi connectivity index (χ1v) is 8.45. The van der Waals surface area contributed by atoms with Gasteiger partial charge in [0.15, 0.2) is 5.82 Å². The number of fused-ring (bicyclic) bond motifs is 2. The number of aromatic amines is 2. The number of aliphatic imine (C=N–C) groups is 1. The second kappa shape index (κ2) is 5.81. The summed E-state index contributed by atoms with van der Waals surface area (Å²) in [6.07, 6.45) is 5.13. The highest BCUT2D eigenvalue weighted by molar-refractivity contribution is 6.21.